The zero-order chi connectivity index (χ0) is 8.97. The van der Waals surface area contributed by atoms with Crippen LogP contribution in [-0.2, 0) is 0 Å². The Bertz CT molecular complexity index is 272. The van der Waals surface area contributed by atoms with Crippen LogP contribution < -0.4 is 5.32 Å². The summed E-state index contributed by atoms with van der Waals surface area (Å²) in [5.74, 6) is 0.0380. The summed E-state index contributed by atoms with van der Waals surface area (Å²) in [7, 11) is 0. The maximum atomic E-state index is 11.3. The van der Waals surface area contributed by atoms with Crippen LogP contribution in [0.25, 0.3) is 0 Å². The SMILES string of the molecule is Cc1cc(C(=O)NCCI)cs1. The van der Waals surface area contributed by atoms with Gasteiger partial charge in [0.25, 0.3) is 5.91 Å². The number of thiophene rings is 1. The van der Waals surface area contributed by atoms with Crippen LogP contribution in [0.1, 0.15) is 15.2 Å². The Hall–Kier alpha value is -0.1000. The summed E-state index contributed by atoms with van der Waals surface area (Å²) in [6.45, 7) is 2.74. The van der Waals surface area contributed by atoms with Crippen LogP contribution in [0.2, 0.25) is 0 Å². The second kappa shape index (κ2) is 4.81. The van der Waals surface area contributed by atoms with E-state index < -0.39 is 0 Å². The van der Waals surface area contributed by atoms with Gasteiger partial charge in [-0.2, -0.15) is 0 Å². The van der Waals surface area contributed by atoms with E-state index in [1.54, 1.807) is 11.3 Å². The third kappa shape index (κ3) is 2.75. The molecule has 4 heteroatoms. The average molecular weight is 295 g/mol. The van der Waals surface area contributed by atoms with E-state index in [2.05, 4.69) is 27.9 Å². The lowest BCUT2D eigenvalue weighted by Crippen LogP contribution is -2.24. The van der Waals surface area contributed by atoms with Gasteiger partial charge < -0.3 is 5.32 Å². The van der Waals surface area contributed by atoms with E-state index in [9.17, 15) is 4.79 Å². The third-order valence-corrected chi connectivity index (χ3v) is 2.77. The van der Waals surface area contributed by atoms with Crippen LogP contribution in [-0.4, -0.2) is 16.9 Å². The summed E-state index contributed by atoms with van der Waals surface area (Å²) >= 11 is 3.84. The lowest BCUT2D eigenvalue weighted by atomic mass is 10.3. The fourth-order valence-electron chi connectivity index (χ4n) is 0.825. The number of hydrogen-bond donors (Lipinski definition) is 1. The quantitative estimate of drug-likeness (QED) is 0.672. The van der Waals surface area contributed by atoms with Crippen molar-refractivity contribution >= 4 is 39.8 Å². The molecule has 0 aromatic carbocycles. The minimum atomic E-state index is 0.0380. The average Bonchev–Trinajstić information content (AvgIpc) is 2.47. The Morgan fingerprint density at radius 3 is 3.00 bits per heavy atom. The Balaban J connectivity index is 2.53. The highest BCUT2D eigenvalue weighted by Crippen LogP contribution is 2.12. The fraction of sp³-hybridized carbons (Fsp3) is 0.375. The predicted octanol–water partition coefficient (Wildman–Crippen LogP) is 2.22. The molecular formula is C8H10INOS. The summed E-state index contributed by atoms with van der Waals surface area (Å²) in [5.41, 5.74) is 0.780. The van der Waals surface area contributed by atoms with Gasteiger partial charge in [-0.25, -0.2) is 0 Å². The van der Waals surface area contributed by atoms with Gasteiger partial charge in [0.2, 0.25) is 0 Å². The predicted molar refractivity (Wildman–Crippen MR) is 60.3 cm³/mol. The van der Waals surface area contributed by atoms with E-state index in [1.807, 2.05) is 18.4 Å². The van der Waals surface area contributed by atoms with E-state index in [0.29, 0.717) is 0 Å². The van der Waals surface area contributed by atoms with Crippen LogP contribution in [0, 0.1) is 6.92 Å². The zero-order valence-corrected chi connectivity index (χ0v) is 9.74. The molecule has 66 valence electrons. The van der Waals surface area contributed by atoms with E-state index in [0.717, 1.165) is 16.5 Å². The Kier molecular flexibility index (Phi) is 4.00. The molecule has 0 aliphatic carbocycles. The summed E-state index contributed by atoms with van der Waals surface area (Å²) in [5, 5.41) is 4.71. The van der Waals surface area contributed by atoms with E-state index in [-0.39, 0.29) is 5.91 Å². The third-order valence-electron chi connectivity index (χ3n) is 1.37. The van der Waals surface area contributed by atoms with Crippen molar-refractivity contribution in [1.82, 2.24) is 5.32 Å². The lowest BCUT2D eigenvalue weighted by molar-refractivity contribution is 0.0957. The van der Waals surface area contributed by atoms with Gasteiger partial charge in [0.05, 0.1) is 5.56 Å². The molecule has 1 N–H and O–H groups in total. The summed E-state index contributed by atoms with van der Waals surface area (Å²) in [4.78, 5) is 12.5. The van der Waals surface area contributed by atoms with Crippen molar-refractivity contribution in [2.24, 2.45) is 0 Å². The van der Waals surface area contributed by atoms with Crippen molar-refractivity contribution in [3.05, 3.63) is 21.9 Å². The second-order valence-corrected chi connectivity index (χ2v) is 4.59. The van der Waals surface area contributed by atoms with Gasteiger partial charge in [0, 0.05) is 21.2 Å². The molecule has 0 saturated carbocycles. The van der Waals surface area contributed by atoms with Gasteiger partial charge in [0.1, 0.15) is 0 Å². The first-order chi connectivity index (χ1) is 5.74. The van der Waals surface area contributed by atoms with E-state index in [1.165, 1.54) is 4.88 Å². The molecule has 0 bridgehead atoms. The molecule has 12 heavy (non-hydrogen) atoms. The van der Waals surface area contributed by atoms with Gasteiger partial charge in [-0.3, -0.25) is 4.79 Å². The van der Waals surface area contributed by atoms with Crippen LogP contribution in [0.4, 0.5) is 0 Å². The molecule has 1 amide bonds. The molecule has 0 saturated heterocycles. The zero-order valence-electron chi connectivity index (χ0n) is 6.76. The highest BCUT2D eigenvalue weighted by atomic mass is 127. The number of hydrogen-bond acceptors (Lipinski definition) is 2. The van der Waals surface area contributed by atoms with Crippen molar-refractivity contribution < 1.29 is 4.79 Å². The molecule has 1 rings (SSSR count). The number of carbonyl (C=O) groups is 1. The first-order valence-corrected chi connectivity index (χ1v) is 6.04. The minimum Gasteiger partial charge on any atom is -0.351 e. The first-order valence-electron chi connectivity index (χ1n) is 3.63. The Morgan fingerprint density at radius 2 is 2.50 bits per heavy atom. The van der Waals surface area contributed by atoms with Gasteiger partial charge in [0.15, 0.2) is 0 Å². The van der Waals surface area contributed by atoms with Gasteiger partial charge in [-0.15, -0.1) is 11.3 Å². The Morgan fingerprint density at radius 1 is 1.75 bits per heavy atom. The first kappa shape index (κ1) is 9.98. The molecule has 2 nitrogen and oxygen atoms in total. The molecule has 0 radical (unpaired) electrons. The number of rotatable bonds is 3. The van der Waals surface area contributed by atoms with Gasteiger partial charge >= 0.3 is 0 Å². The van der Waals surface area contributed by atoms with Gasteiger partial charge in [-0.1, -0.05) is 22.6 Å². The standard InChI is InChI=1S/C8H10INOS/c1-6-4-7(5-12-6)8(11)10-3-2-9/h4-5H,2-3H2,1H3,(H,10,11). The molecule has 0 fully saturated rings. The molecule has 1 aromatic rings. The molecule has 0 unspecified atom stereocenters. The van der Waals surface area contributed by atoms with Crippen molar-refractivity contribution in [3.8, 4) is 0 Å². The number of aryl methyl sites for hydroxylation is 1. The highest BCUT2D eigenvalue weighted by molar-refractivity contribution is 14.1. The molecule has 0 aliphatic heterocycles. The molecule has 0 aliphatic rings. The summed E-state index contributed by atoms with van der Waals surface area (Å²) < 4.78 is 0.951. The second-order valence-electron chi connectivity index (χ2n) is 2.39. The van der Waals surface area contributed by atoms with Crippen molar-refractivity contribution in [1.29, 1.82) is 0 Å². The molecule has 1 aromatic heterocycles. The highest BCUT2D eigenvalue weighted by Gasteiger charge is 2.04. The fourth-order valence-corrected chi connectivity index (χ4v) is 1.78. The maximum absolute atomic E-state index is 11.3. The smallest absolute Gasteiger partial charge is 0.252 e. The maximum Gasteiger partial charge on any atom is 0.252 e. The van der Waals surface area contributed by atoms with Crippen molar-refractivity contribution in [2.45, 2.75) is 6.92 Å². The van der Waals surface area contributed by atoms with Gasteiger partial charge in [-0.05, 0) is 13.0 Å². The molecule has 0 spiro atoms. The van der Waals surface area contributed by atoms with Crippen LogP contribution in [0.3, 0.4) is 0 Å². The number of carbonyl (C=O) groups excluding carboxylic acids is 1. The molecule has 1 heterocycles. The summed E-state index contributed by atoms with van der Waals surface area (Å²) in [6, 6.07) is 1.91. The minimum absolute atomic E-state index is 0.0380. The largest absolute Gasteiger partial charge is 0.351 e. The van der Waals surface area contributed by atoms with E-state index in [4.69, 9.17) is 0 Å². The van der Waals surface area contributed by atoms with Crippen molar-refractivity contribution in [3.63, 3.8) is 0 Å². The molecular weight excluding hydrogens is 285 g/mol. The van der Waals surface area contributed by atoms with Crippen molar-refractivity contribution in [2.75, 3.05) is 11.0 Å². The van der Waals surface area contributed by atoms with Crippen LogP contribution >= 0.6 is 33.9 Å². The Labute approximate surface area is 89.5 Å². The van der Waals surface area contributed by atoms with Crippen LogP contribution in [0.15, 0.2) is 11.4 Å². The molecule has 0 atom stereocenters. The lowest BCUT2D eigenvalue weighted by Gasteiger charge is -1.98. The van der Waals surface area contributed by atoms with E-state index >= 15 is 0 Å². The number of amides is 1. The normalized spacial score (nSPS) is 9.83. The number of nitrogens with one attached hydrogen (secondary N) is 1. The summed E-state index contributed by atoms with van der Waals surface area (Å²) in [6.07, 6.45) is 0. The monoisotopic (exact) mass is 295 g/mol. The number of alkyl halides is 1. The van der Waals surface area contributed by atoms with Crippen LogP contribution in [0.5, 0.6) is 0 Å². The topological polar surface area (TPSA) is 29.1 Å². The number of halogens is 1.